The van der Waals surface area contributed by atoms with E-state index in [9.17, 15) is 5.02 Å². The van der Waals surface area contributed by atoms with Gasteiger partial charge in [-0.25, -0.2) is 0 Å². The first-order valence-electron chi connectivity index (χ1n) is 6.76. The number of furan rings is 1. The minimum absolute atomic E-state index is 0.553. The van der Waals surface area contributed by atoms with Gasteiger partial charge in [0.1, 0.15) is 11.2 Å². The Balaban J connectivity index is 2.34. The van der Waals surface area contributed by atoms with Crippen LogP contribution in [0.3, 0.4) is 0 Å². The van der Waals surface area contributed by atoms with Crippen molar-refractivity contribution in [3.63, 3.8) is 0 Å². The molecule has 0 atom stereocenters. The maximum absolute atomic E-state index is 10.0. The summed E-state index contributed by atoms with van der Waals surface area (Å²) in [6.45, 7) is 1.22. The van der Waals surface area contributed by atoms with Crippen molar-refractivity contribution in [2.75, 3.05) is 0 Å². The highest BCUT2D eigenvalue weighted by molar-refractivity contribution is 6.68. The standard InChI is InChI=1S/C17H13BO2/c1-18(19)14-10-11-6-2-3-7-12(11)16-13-8-4-5-9-15(13)20-17(14)16/h2-10,19H,1H3. The fourth-order valence-corrected chi connectivity index (χ4v) is 2.91. The van der Waals surface area contributed by atoms with Gasteiger partial charge in [-0.15, -0.1) is 0 Å². The molecule has 96 valence electrons. The number of hydrogen-bond donors (Lipinski definition) is 1. The number of fused-ring (bicyclic) bond motifs is 5. The van der Waals surface area contributed by atoms with Crippen molar-refractivity contribution in [1.82, 2.24) is 0 Å². The molecule has 0 spiro atoms. The van der Waals surface area contributed by atoms with E-state index in [1.807, 2.05) is 36.4 Å². The van der Waals surface area contributed by atoms with Crippen molar-refractivity contribution < 1.29 is 9.44 Å². The highest BCUT2D eigenvalue weighted by Crippen LogP contribution is 2.33. The lowest BCUT2D eigenvalue weighted by molar-refractivity contribution is 0.592. The van der Waals surface area contributed by atoms with Crippen LogP contribution >= 0.6 is 0 Å². The molecule has 20 heavy (non-hydrogen) atoms. The lowest BCUT2D eigenvalue weighted by Gasteiger charge is -2.06. The molecule has 0 saturated heterocycles. The predicted molar refractivity (Wildman–Crippen MR) is 84.7 cm³/mol. The van der Waals surface area contributed by atoms with Gasteiger partial charge in [0.05, 0.1) is 0 Å². The minimum atomic E-state index is -0.553. The van der Waals surface area contributed by atoms with Gasteiger partial charge in [0.15, 0.2) is 0 Å². The lowest BCUT2D eigenvalue weighted by atomic mass is 9.63. The van der Waals surface area contributed by atoms with Crippen LogP contribution in [0.25, 0.3) is 32.7 Å². The molecule has 1 heterocycles. The summed E-state index contributed by atoms with van der Waals surface area (Å²) in [6.07, 6.45) is 0. The third kappa shape index (κ3) is 1.50. The van der Waals surface area contributed by atoms with E-state index < -0.39 is 6.92 Å². The molecule has 0 bridgehead atoms. The normalized spacial score (nSPS) is 11.5. The molecule has 0 aliphatic carbocycles. The molecule has 3 heteroatoms. The third-order valence-electron chi connectivity index (χ3n) is 3.85. The fourth-order valence-electron chi connectivity index (χ4n) is 2.91. The second-order valence-electron chi connectivity index (χ2n) is 5.17. The van der Waals surface area contributed by atoms with Crippen molar-refractivity contribution in [2.24, 2.45) is 0 Å². The van der Waals surface area contributed by atoms with Gasteiger partial charge >= 0.3 is 6.92 Å². The van der Waals surface area contributed by atoms with Crippen LogP contribution in [0.5, 0.6) is 0 Å². The average molecular weight is 260 g/mol. The molecule has 1 aromatic heterocycles. The van der Waals surface area contributed by atoms with Gasteiger partial charge in [0.2, 0.25) is 0 Å². The molecule has 0 radical (unpaired) electrons. The van der Waals surface area contributed by atoms with Crippen LogP contribution in [0, 0.1) is 0 Å². The van der Waals surface area contributed by atoms with Crippen LogP contribution in [-0.2, 0) is 0 Å². The molecular formula is C17H13BO2. The number of hydrogen-bond acceptors (Lipinski definition) is 2. The molecule has 1 N–H and O–H groups in total. The molecule has 4 aromatic rings. The highest BCUT2D eigenvalue weighted by Gasteiger charge is 2.18. The molecule has 0 saturated carbocycles. The quantitative estimate of drug-likeness (QED) is 0.531. The van der Waals surface area contributed by atoms with Crippen molar-refractivity contribution in [3.8, 4) is 0 Å². The van der Waals surface area contributed by atoms with Crippen LogP contribution in [0.15, 0.2) is 59.0 Å². The van der Waals surface area contributed by atoms with E-state index in [1.165, 1.54) is 0 Å². The Bertz CT molecular complexity index is 938. The van der Waals surface area contributed by atoms with E-state index in [0.717, 1.165) is 38.2 Å². The van der Waals surface area contributed by atoms with Gasteiger partial charge < -0.3 is 9.44 Å². The molecular weight excluding hydrogens is 247 g/mol. The Morgan fingerprint density at radius 3 is 2.45 bits per heavy atom. The summed E-state index contributed by atoms with van der Waals surface area (Å²) in [5.74, 6) is 0. The number of benzene rings is 3. The van der Waals surface area contributed by atoms with Gasteiger partial charge in [-0.1, -0.05) is 55.4 Å². The second-order valence-corrected chi connectivity index (χ2v) is 5.17. The highest BCUT2D eigenvalue weighted by atomic mass is 16.3. The fraction of sp³-hybridized carbons (Fsp3) is 0.0588. The topological polar surface area (TPSA) is 33.4 Å². The van der Waals surface area contributed by atoms with Crippen molar-refractivity contribution in [2.45, 2.75) is 6.82 Å². The van der Waals surface area contributed by atoms with Crippen LogP contribution in [0.1, 0.15) is 0 Å². The van der Waals surface area contributed by atoms with E-state index in [4.69, 9.17) is 4.42 Å². The molecule has 2 nitrogen and oxygen atoms in total. The van der Waals surface area contributed by atoms with Crippen LogP contribution in [-0.4, -0.2) is 11.9 Å². The van der Waals surface area contributed by atoms with Gasteiger partial charge in [-0.2, -0.15) is 0 Å². The first-order chi connectivity index (χ1) is 9.75. The zero-order valence-corrected chi connectivity index (χ0v) is 11.1. The molecule has 0 unspecified atom stereocenters. The van der Waals surface area contributed by atoms with E-state index >= 15 is 0 Å². The van der Waals surface area contributed by atoms with Crippen LogP contribution in [0.2, 0.25) is 6.82 Å². The van der Waals surface area contributed by atoms with Crippen LogP contribution in [0.4, 0.5) is 0 Å². The van der Waals surface area contributed by atoms with Gasteiger partial charge in [-0.3, -0.25) is 0 Å². The maximum Gasteiger partial charge on any atom is 0.324 e. The summed E-state index contributed by atoms with van der Waals surface area (Å²) < 4.78 is 5.99. The Hall–Kier alpha value is -2.26. The van der Waals surface area contributed by atoms with Crippen molar-refractivity contribution in [1.29, 1.82) is 0 Å². The number of rotatable bonds is 1. The zero-order valence-electron chi connectivity index (χ0n) is 11.1. The summed E-state index contributed by atoms with van der Waals surface area (Å²) in [5, 5.41) is 14.5. The molecule has 0 aliphatic heterocycles. The van der Waals surface area contributed by atoms with E-state index in [0.29, 0.717) is 0 Å². The van der Waals surface area contributed by atoms with Crippen molar-refractivity contribution >= 4 is 45.1 Å². The van der Waals surface area contributed by atoms with E-state index in [2.05, 4.69) is 18.2 Å². The SMILES string of the molecule is CB(O)c1cc2ccccc2c2c1oc1ccccc12. The molecule has 3 aromatic carbocycles. The predicted octanol–water partition coefficient (Wildman–Crippen LogP) is 3.56. The van der Waals surface area contributed by atoms with Crippen molar-refractivity contribution in [3.05, 3.63) is 54.6 Å². The third-order valence-corrected chi connectivity index (χ3v) is 3.85. The van der Waals surface area contributed by atoms with E-state index in [1.54, 1.807) is 6.82 Å². The van der Waals surface area contributed by atoms with Gasteiger partial charge in [0, 0.05) is 10.8 Å². The summed E-state index contributed by atoms with van der Waals surface area (Å²) in [6, 6.07) is 18.3. The monoisotopic (exact) mass is 260 g/mol. The Morgan fingerprint density at radius 2 is 1.65 bits per heavy atom. The maximum atomic E-state index is 10.0. The Labute approximate surface area is 116 Å². The second kappa shape index (κ2) is 4.12. The average Bonchev–Trinajstić information content (AvgIpc) is 2.85. The summed E-state index contributed by atoms with van der Waals surface area (Å²) in [5.41, 5.74) is 2.50. The molecule has 4 rings (SSSR count). The van der Waals surface area contributed by atoms with Gasteiger partial charge in [-0.05, 0) is 22.3 Å². The lowest BCUT2D eigenvalue weighted by Crippen LogP contribution is -2.26. The van der Waals surface area contributed by atoms with Crippen LogP contribution < -0.4 is 5.46 Å². The number of para-hydroxylation sites is 1. The smallest absolute Gasteiger partial charge is 0.324 e. The molecule has 0 amide bonds. The Kier molecular flexibility index (Phi) is 2.38. The molecule has 0 fully saturated rings. The Morgan fingerprint density at radius 1 is 0.950 bits per heavy atom. The summed E-state index contributed by atoms with van der Waals surface area (Å²) in [7, 11) is 0. The largest absolute Gasteiger partial charge is 0.457 e. The summed E-state index contributed by atoms with van der Waals surface area (Å²) >= 11 is 0. The van der Waals surface area contributed by atoms with Gasteiger partial charge in [0.25, 0.3) is 0 Å². The first-order valence-corrected chi connectivity index (χ1v) is 6.76. The summed E-state index contributed by atoms with van der Waals surface area (Å²) in [4.78, 5) is 0. The minimum Gasteiger partial charge on any atom is -0.457 e. The van der Waals surface area contributed by atoms with E-state index in [-0.39, 0.29) is 0 Å². The molecule has 0 aliphatic rings. The first kappa shape index (κ1) is 11.6. The zero-order chi connectivity index (χ0) is 13.7.